The van der Waals surface area contributed by atoms with E-state index in [1.54, 1.807) is 67.8 Å². The number of hydrogen-bond acceptors (Lipinski definition) is 5. The molecule has 7 nitrogen and oxygen atoms in total. The number of carboxylic acids is 1. The number of carbonyl (C=O) groups is 3. The summed E-state index contributed by atoms with van der Waals surface area (Å²) in [5.74, 6) is -1.23. The van der Waals surface area contributed by atoms with E-state index < -0.39 is 17.1 Å². The lowest BCUT2D eigenvalue weighted by Crippen LogP contribution is -2.19. The van der Waals surface area contributed by atoms with Crippen molar-refractivity contribution in [2.75, 3.05) is 17.7 Å². The first-order valence-electron chi connectivity index (χ1n) is 11.3. The first-order valence-corrected chi connectivity index (χ1v) is 12.2. The maximum atomic E-state index is 13.3. The fourth-order valence-corrected chi connectivity index (χ4v) is 4.65. The van der Waals surface area contributed by atoms with E-state index in [0.717, 1.165) is 10.5 Å². The third-order valence-corrected chi connectivity index (χ3v) is 6.71. The Morgan fingerprint density at radius 3 is 2.11 bits per heavy atom. The second-order valence-corrected chi connectivity index (χ2v) is 9.14. The number of benzene rings is 4. The number of rotatable bonds is 9. The molecule has 0 bridgehead atoms. The summed E-state index contributed by atoms with van der Waals surface area (Å²) in [6, 6.07) is 29.7. The van der Waals surface area contributed by atoms with Crippen LogP contribution in [-0.2, 0) is 4.79 Å². The number of methoxy groups -OCH3 is 1. The van der Waals surface area contributed by atoms with Gasteiger partial charge in [0.1, 0.15) is 11.0 Å². The van der Waals surface area contributed by atoms with Crippen LogP contribution >= 0.6 is 11.8 Å². The van der Waals surface area contributed by atoms with Gasteiger partial charge in [-0.05, 0) is 54.1 Å². The van der Waals surface area contributed by atoms with E-state index in [9.17, 15) is 19.5 Å². The average molecular weight is 513 g/mol. The van der Waals surface area contributed by atoms with Crippen LogP contribution in [0.3, 0.4) is 0 Å². The number of thioether (sulfide) groups is 1. The average Bonchev–Trinajstić information content (AvgIpc) is 2.93. The summed E-state index contributed by atoms with van der Waals surface area (Å²) in [6.07, 6.45) is 0. The van der Waals surface area contributed by atoms with E-state index in [4.69, 9.17) is 4.74 Å². The van der Waals surface area contributed by atoms with Crippen LogP contribution in [0.15, 0.2) is 108 Å². The second-order valence-electron chi connectivity index (χ2n) is 7.96. The summed E-state index contributed by atoms with van der Waals surface area (Å²) in [5, 5.41) is 14.5. The Morgan fingerprint density at radius 1 is 0.757 bits per heavy atom. The van der Waals surface area contributed by atoms with Gasteiger partial charge in [0.15, 0.2) is 0 Å². The van der Waals surface area contributed by atoms with Crippen molar-refractivity contribution in [2.24, 2.45) is 0 Å². The second kappa shape index (κ2) is 11.9. The van der Waals surface area contributed by atoms with Gasteiger partial charge in [-0.2, -0.15) is 0 Å². The molecule has 0 fully saturated rings. The van der Waals surface area contributed by atoms with Crippen molar-refractivity contribution < 1.29 is 24.2 Å². The van der Waals surface area contributed by atoms with Crippen LogP contribution in [-0.4, -0.2) is 30.0 Å². The minimum Gasteiger partial charge on any atom is -0.497 e. The van der Waals surface area contributed by atoms with Gasteiger partial charge in [-0.3, -0.25) is 9.59 Å². The summed E-state index contributed by atoms with van der Waals surface area (Å²) in [6.45, 7) is 0. The van der Waals surface area contributed by atoms with Crippen molar-refractivity contribution >= 4 is 40.9 Å². The molecule has 0 saturated heterocycles. The Labute approximate surface area is 218 Å². The van der Waals surface area contributed by atoms with Gasteiger partial charge in [-0.25, -0.2) is 4.79 Å². The van der Waals surface area contributed by atoms with E-state index in [2.05, 4.69) is 10.6 Å². The molecule has 1 atom stereocenters. The highest BCUT2D eigenvalue weighted by Gasteiger charge is 2.22. The zero-order valence-electron chi connectivity index (χ0n) is 19.9. The van der Waals surface area contributed by atoms with Gasteiger partial charge >= 0.3 is 5.97 Å². The molecule has 3 N–H and O–H groups in total. The Kier molecular flexibility index (Phi) is 8.22. The lowest BCUT2D eigenvalue weighted by atomic mass is 10.1. The Hall–Kier alpha value is -4.56. The molecule has 37 heavy (non-hydrogen) atoms. The number of anilines is 2. The zero-order chi connectivity index (χ0) is 26.2. The maximum Gasteiger partial charge on any atom is 0.336 e. The lowest BCUT2D eigenvalue weighted by molar-refractivity contribution is -0.115. The number of hydrogen-bond donors (Lipinski definition) is 3. The summed E-state index contributed by atoms with van der Waals surface area (Å²) in [4.78, 5) is 38.2. The number of nitrogens with one attached hydrogen (secondary N) is 2. The van der Waals surface area contributed by atoms with Gasteiger partial charge in [0.25, 0.3) is 5.91 Å². The summed E-state index contributed by atoms with van der Waals surface area (Å²) in [7, 11) is 1.57. The maximum absolute atomic E-state index is 13.3. The number of carboxylic acid groups (broad SMARTS) is 1. The Bertz CT molecular complexity index is 1410. The van der Waals surface area contributed by atoms with Crippen molar-refractivity contribution in [3.8, 4) is 5.75 Å². The van der Waals surface area contributed by atoms with Crippen molar-refractivity contribution in [3.05, 3.63) is 120 Å². The summed E-state index contributed by atoms with van der Waals surface area (Å²) in [5.41, 5.74) is 1.99. The highest BCUT2D eigenvalue weighted by molar-refractivity contribution is 8.00. The fraction of sp³-hybridized carbons (Fsp3) is 0.0690. The molecule has 4 aromatic rings. The monoisotopic (exact) mass is 512 g/mol. The molecule has 0 aliphatic carbocycles. The first-order chi connectivity index (χ1) is 17.9. The summed E-state index contributed by atoms with van der Waals surface area (Å²) < 4.78 is 5.25. The predicted molar refractivity (Wildman–Crippen MR) is 144 cm³/mol. The Balaban J connectivity index is 1.50. The van der Waals surface area contributed by atoms with Crippen molar-refractivity contribution in [2.45, 2.75) is 10.1 Å². The van der Waals surface area contributed by atoms with Crippen LogP contribution in [0.25, 0.3) is 0 Å². The molecule has 4 rings (SSSR count). The van der Waals surface area contributed by atoms with Gasteiger partial charge in [-0.1, -0.05) is 48.5 Å². The molecule has 186 valence electrons. The van der Waals surface area contributed by atoms with Crippen molar-refractivity contribution in [1.29, 1.82) is 0 Å². The summed E-state index contributed by atoms with van der Waals surface area (Å²) >= 11 is 1.38. The third kappa shape index (κ3) is 6.56. The largest absolute Gasteiger partial charge is 0.497 e. The van der Waals surface area contributed by atoms with Crippen LogP contribution in [0.4, 0.5) is 11.4 Å². The molecule has 0 saturated carbocycles. The minimum absolute atomic E-state index is 0.0695. The topological polar surface area (TPSA) is 105 Å². The predicted octanol–water partition coefficient (Wildman–Crippen LogP) is 6.12. The number of aromatic carboxylic acids is 1. The molecule has 0 heterocycles. The molecule has 0 aliphatic rings. The molecule has 0 radical (unpaired) electrons. The van der Waals surface area contributed by atoms with Crippen LogP contribution in [0.1, 0.15) is 31.5 Å². The van der Waals surface area contributed by atoms with E-state index in [-0.39, 0.29) is 17.0 Å². The molecule has 0 spiro atoms. The lowest BCUT2D eigenvalue weighted by Gasteiger charge is -2.18. The third-order valence-electron chi connectivity index (χ3n) is 5.45. The minimum atomic E-state index is -1.17. The van der Waals surface area contributed by atoms with E-state index >= 15 is 0 Å². The van der Waals surface area contributed by atoms with Crippen molar-refractivity contribution in [1.82, 2.24) is 0 Å². The fourth-order valence-electron chi connectivity index (χ4n) is 3.63. The highest BCUT2D eigenvalue weighted by Crippen LogP contribution is 2.37. The molecule has 1 unspecified atom stereocenters. The SMILES string of the molecule is COc1cccc(NC(=O)C(Sc2ccc(NC(=O)c3ccccc3C(=O)O)cc2)c2ccccc2)c1. The first kappa shape index (κ1) is 25.5. The van der Waals surface area contributed by atoms with Crippen LogP contribution in [0, 0.1) is 0 Å². The molecular formula is C29H24N2O5S. The van der Waals surface area contributed by atoms with Gasteiger partial charge in [-0.15, -0.1) is 11.8 Å². The Morgan fingerprint density at radius 2 is 1.43 bits per heavy atom. The van der Waals surface area contributed by atoms with Crippen LogP contribution in [0.2, 0.25) is 0 Å². The number of ether oxygens (including phenoxy) is 1. The molecule has 0 aliphatic heterocycles. The quantitative estimate of drug-likeness (QED) is 0.234. The molecule has 8 heteroatoms. The van der Waals surface area contributed by atoms with Crippen molar-refractivity contribution in [3.63, 3.8) is 0 Å². The molecule has 4 aromatic carbocycles. The van der Waals surface area contributed by atoms with Gasteiger partial charge < -0.3 is 20.5 Å². The molecular weight excluding hydrogens is 488 g/mol. The van der Waals surface area contributed by atoms with Crippen LogP contribution in [0.5, 0.6) is 5.75 Å². The van der Waals surface area contributed by atoms with Crippen LogP contribution < -0.4 is 15.4 Å². The van der Waals surface area contributed by atoms with E-state index in [0.29, 0.717) is 17.1 Å². The van der Waals surface area contributed by atoms with E-state index in [1.165, 1.54) is 23.9 Å². The number of carbonyl (C=O) groups excluding carboxylic acids is 2. The van der Waals surface area contributed by atoms with Gasteiger partial charge in [0, 0.05) is 22.3 Å². The molecule has 0 aromatic heterocycles. The normalized spacial score (nSPS) is 11.3. The number of amides is 2. The molecule has 2 amide bonds. The highest BCUT2D eigenvalue weighted by atomic mass is 32.2. The van der Waals surface area contributed by atoms with Gasteiger partial charge in [0.05, 0.1) is 18.2 Å². The standard InChI is InChI=1S/C29H24N2O5S/c1-36-22-11-7-10-21(18-22)31-28(33)26(19-8-3-2-4-9-19)37-23-16-14-20(15-17-23)30-27(32)24-12-5-6-13-25(24)29(34)35/h2-18,26H,1H3,(H,30,32)(H,31,33)(H,34,35). The zero-order valence-corrected chi connectivity index (χ0v) is 20.7. The smallest absolute Gasteiger partial charge is 0.336 e. The van der Waals surface area contributed by atoms with Gasteiger partial charge in [0.2, 0.25) is 5.91 Å². The van der Waals surface area contributed by atoms with E-state index in [1.807, 2.05) is 30.3 Å².